The fourth-order valence-corrected chi connectivity index (χ4v) is 3.83. The Morgan fingerprint density at radius 2 is 2.12 bits per heavy atom. The summed E-state index contributed by atoms with van der Waals surface area (Å²) in [6.45, 7) is 4.85. The van der Waals surface area contributed by atoms with Crippen LogP contribution in [0.25, 0.3) is 21.2 Å². The predicted molar refractivity (Wildman–Crippen MR) is 104 cm³/mol. The number of benzene rings is 2. The number of aryl methyl sites for hydroxylation is 1. The lowest BCUT2D eigenvalue weighted by molar-refractivity contribution is 0.0984. The molecular weight excluding hydrogens is 348 g/mol. The fourth-order valence-electron chi connectivity index (χ4n) is 2.87. The molecule has 0 spiro atoms. The monoisotopic (exact) mass is 366 g/mol. The number of hydrogen-bond acceptors (Lipinski definition) is 5. The number of hydrogen-bond donors (Lipinski definition) is 1. The molecule has 0 fully saturated rings. The van der Waals surface area contributed by atoms with Crippen molar-refractivity contribution < 1.29 is 13.9 Å². The second-order valence-electron chi connectivity index (χ2n) is 5.99. The number of carbonyl (C=O) groups excluding carboxylic acids is 1. The minimum absolute atomic E-state index is 0.273. The van der Waals surface area contributed by atoms with Crippen LogP contribution < -0.4 is 5.32 Å². The average molecular weight is 366 g/mol. The van der Waals surface area contributed by atoms with Crippen molar-refractivity contribution >= 4 is 43.6 Å². The van der Waals surface area contributed by atoms with Gasteiger partial charge in [0.25, 0.3) is 5.91 Å². The molecule has 1 N–H and O–H groups in total. The molecule has 4 aromatic rings. The van der Waals surface area contributed by atoms with Crippen LogP contribution in [0, 0.1) is 6.92 Å². The zero-order chi connectivity index (χ0) is 18.1. The van der Waals surface area contributed by atoms with Crippen LogP contribution in [0.5, 0.6) is 0 Å². The fraction of sp³-hybridized carbons (Fsp3) is 0.200. The Kier molecular flexibility index (Phi) is 4.44. The Labute approximate surface area is 154 Å². The van der Waals surface area contributed by atoms with Gasteiger partial charge >= 0.3 is 0 Å². The Hall–Kier alpha value is -2.70. The highest BCUT2D eigenvalue weighted by atomic mass is 32.1. The molecule has 0 aliphatic rings. The predicted octanol–water partition coefficient (Wildman–Crippen LogP) is 5.14. The van der Waals surface area contributed by atoms with E-state index in [1.807, 2.05) is 50.2 Å². The molecule has 0 radical (unpaired) electrons. The summed E-state index contributed by atoms with van der Waals surface area (Å²) < 4.78 is 12.4. The topological polar surface area (TPSA) is 64.4 Å². The highest BCUT2D eigenvalue weighted by Gasteiger charge is 2.21. The third kappa shape index (κ3) is 3.09. The number of ether oxygens (including phenoxy) is 1. The number of nitrogens with zero attached hydrogens (tertiary/aromatic N) is 1. The number of carbonyl (C=O) groups is 1. The number of anilines is 1. The van der Waals surface area contributed by atoms with Crippen LogP contribution in [-0.4, -0.2) is 17.5 Å². The van der Waals surface area contributed by atoms with Crippen LogP contribution in [0.3, 0.4) is 0 Å². The van der Waals surface area contributed by atoms with Gasteiger partial charge in [0, 0.05) is 17.6 Å². The molecule has 0 aliphatic carbocycles. The van der Waals surface area contributed by atoms with Gasteiger partial charge in [-0.05, 0) is 37.6 Å². The highest BCUT2D eigenvalue weighted by Crippen LogP contribution is 2.30. The molecule has 6 heteroatoms. The summed E-state index contributed by atoms with van der Waals surface area (Å²) >= 11 is 1.45. The molecule has 2 heterocycles. The van der Waals surface area contributed by atoms with Crippen molar-refractivity contribution in [1.82, 2.24) is 4.98 Å². The summed E-state index contributed by atoms with van der Waals surface area (Å²) in [4.78, 5) is 17.3. The van der Waals surface area contributed by atoms with Crippen LogP contribution in [0.4, 0.5) is 5.13 Å². The van der Waals surface area contributed by atoms with E-state index in [-0.39, 0.29) is 11.7 Å². The van der Waals surface area contributed by atoms with E-state index in [1.54, 1.807) is 0 Å². The molecule has 26 heavy (non-hydrogen) atoms. The summed E-state index contributed by atoms with van der Waals surface area (Å²) in [5.41, 5.74) is 3.47. The molecule has 4 rings (SSSR count). The first-order valence-electron chi connectivity index (χ1n) is 8.42. The zero-order valence-corrected chi connectivity index (χ0v) is 15.4. The van der Waals surface area contributed by atoms with E-state index in [0.29, 0.717) is 23.9 Å². The number of rotatable bonds is 5. The van der Waals surface area contributed by atoms with Crippen molar-refractivity contribution in [3.8, 4) is 0 Å². The largest absolute Gasteiger partial charge is 0.451 e. The molecule has 2 aromatic carbocycles. The first-order valence-corrected chi connectivity index (χ1v) is 9.24. The molecule has 2 aromatic heterocycles. The molecule has 0 aliphatic heterocycles. The molecule has 0 saturated carbocycles. The van der Waals surface area contributed by atoms with E-state index in [1.165, 1.54) is 11.3 Å². The Balaban J connectivity index is 1.68. The minimum Gasteiger partial charge on any atom is -0.451 e. The smallest absolute Gasteiger partial charge is 0.293 e. The van der Waals surface area contributed by atoms with E-state index in [2.05, 4.69) is 16.4 Å². The van der Waals surface area contributed by atoms with Crippen molar-refractivity contribution in [3.05, 3.63) is 59.4 Å². The number of para-hydroxylation sites is 1. The number of nitrogens with one attached hydrogen (secondary N) is 1. The molecule has 132 valence electrons. The van der Waals surface area contributed by atoms with Crippen LogP contribution >= 0.6 is 11.3 Å². The molecule has 0 atom stereocenters. The van der Waals surface area contributed by atoms with Gasteiger partial charge in [0.2, 0.25) is 0 Å². The van der Waals surface area contributed by atoms with E-state index < -0.39 is 0 Å². The summed E-state index contributed by atoms with van der Waals surface area (Å²) in [6.07, 6.45) is 0. The summed E-state index contributed by atoms with van der Waals surface area (Å²) in [6, 6.07) is 13.6. The quantitative estimate of drug-likeness (QED) is 0.531. The van der Waals surface area contributed by atoms with Gasteiger partial charge in [-0.1, -0.05) is 35.6 Å². The van der Waals surface area contributed by atoms with Crippen molar-refractivity contribution in [3.63, 3.8) is 0 Å². The average Bonchev–Trinajstić information content (AvgIpc) is 3.20. The highest BCUT2D eigenvalue weighted by molar-refractivity contribution is 7.22. The number of furan rings is 1. The Morgan fingerprint density at radius 3 is 2.96 bits per heavy atom. The molecule has 0 unspecified atom stereocenters. The molecule has 0 saturated heterocycles. The van der Waals surface area contributed by atoms with Crippen molar-refractivity contribution in [2.75, 3.05) is 11.9 Å². The summed E-state index contributed by atoms with van der Waals surface area (Å²) in [7, 11) is 0. The number of aromatic nitrogens is 1. The van der Waals surface area contributed by atoms with Crippen molar-refractivity contribution in [2.45, 2.75) is 20.5 Å². The van der Waals surface area contributed by atoms with Gasteiger partial charge in [-0.25, -0.2) is 4.98 Å². The SMILES string of the molecule is CCOCc1c(C(=O)Nc2nc3ccc(C)cc3s2)oc2ccccc12. The van der Waals surface area contributed by atoms with Gasteiger partial charge in [-0.3, -0.25) is 10.1 Å². The molecule has 5 nitrogen and oxygen atoms in total. The lowest BCUT2D eigenvalue weighted by Gasteiger charge is -2.03. The lowest BCUT2D eigenvalue weighted by Crippen LogP contribution is -2.13. The van der Waals surface area contributed by atoms with Crippen molar-refractivity contribution in [1.29, 1.82) is 0 Å². The van der Waals surface area contributed by atoms with Crippen LogP contribution in [0.1, 0.15) is 28.6 Å². The zero-order valence-electron chi connectivity index (χ0n) is 14.5. The first kappa shape index (κ1) is 16.8. The van der Waals surface area contributed by atoms with E-state index in [4.69, 9.17) is 9.15 Å². The molecule has 0 bridgehead atoms. The first-order chi connectivity index (χ1) is 12.7. The van der Waals surface area contributed by atoms with Gasteiger partial charge in [0.05, 0.1) is 16.8 Å². The third-order valence-electron chi connectivity index (χ3n) is 4.12. The lowest BCUT2D eigenvalue weighted by atomic mass is 10.1. The van der Waals surface area contributed by atoms with Gasteiger partial charge in [0.15, 0.2) is 10.9 Å². The standard InChI is InChI=1S/C20H18N2O3S/c1-3-24-11-14-13-6-4-5-7-16(13)25-18(14)19(23)22-20-21-15-9-8-12(2)10-17(15)26-20/h4-10H,3,11H2,1-2H3,(H,21,22,23). The van der Waals surface area contributed by atoms with Gasteiger partial charge in [-0.2, -0.15) is 0 Å². The number of fused-ring (bicyclic) bond motifs is 2. The Bertz CT molecular complexity index is 1100. The van der Waals surface area contributed by atoms with Gasteiger partial charge < -0.3 is 9.15 Å². The third-order valence-corrected chi connectivity index (χ3v) is 5.05. The maximum Gasteiger partial charge on any atom is 0.293 e. The summed E-state index contributed by atoms with van der Waals surface area (Å²) in [5.74, 6) is -0.0400. The van der Waals surface area contributed by atoms with Crippen LogP contribution in [-0.2, 0) is 11.3 Å². The second-order valence-corrected chi connectivity index (χ2v) is 7.02. The normalized spacial score (nSPS) is 11.3. The molecular formula is C20H18N2O3S. The van der Waals surface area contributed by atoms with Crippen LogP contribution in [0.2, 0.25) is 0 Å². The van der Waals surface area contributed by atoms with Gasteiger partial charge in [0.1, 0.15) is 5.58 Å². The molecule has 1 amide bonds. The number of amides is 1. The second kappa shape index (κ2) is 6.90. The maximum atomic E-state index is 12.8. The van der Waals surface area contributed by atoms with E-state index >= 15 is 0 Å². The van der Waals surface area contributed by atoms with Crippen molar-refractivity contribution in [2.24, 2.45) is 0 Å². The summed E-state index contributed by atoms with van der Waals surface area (Å²) in [5, 5.41) is 4.31. The van der Waals surface area contributed by atoms with Crippen LogP contribution in [0.15, 0.2) is 46.9 Å². The van der Waals surface area contributed by atoms with Gasteiger partial charge in [-0.15, -0.1) is 0 Å². The van der Waals surface area contributed by atoms with E-state index in [0.717, 1.165) is 26.7 Å². The minimum atomic E-state index is -0.313. The van der Waals surface area contributed by atoms with E-state index in [9.17, 15) is 4.79 Å². The number of thiazole rings is 1. The Morgan fingerprint density at radius 1 is 1.27 bits per heavy atom. The maximum absolute atomic E-state index is 12.8.